The summed E-state index contributed by atoms with van der Waals surface area (Å²) in [6.07, 6.45) is 5.22. The van der Waals surface area contributed by atoms with Crippen LogP contribution in [0.1, 0.15) is 18.5 Å². The van der Waals surface area contributed by atoms with Crippen molar-refractivity contribution >= 4 is 5.65 Å². The van der Waals surface area contributed by atoms with Gasteiger partial charge in [-0.25, -0.2) is 0 Å². The van der Waals surface area contributed by atoms with E-state index in [4.69, 9.17) is 4.74 Å². The molecule has 1 saturated heterocycles. The lowest BCUT2D eigenvalue weighted by Gasteiger charge is -2.21. The van der Waals surface area contributed by atoms with Gasteiger partial charge in [-0.2, -0.15) is 0 Å². The van der Waals surface area contributed by atoms with Gasteiger partial charge in [0.05, 0.1) is 0 Å². The van der Waals surface area contributed by atoms with Crippen molar-refractivity contribution in [2.24, 2.45) is 5.92 Å². The number of hydrogen-bond acceptors (Lipinski definition) is 2. The lowest BCUT2D eigenvalue weighted by Crippen LogP contribution is -2.19. The van der Waals surface area contributed by atoms with Gasteiger partial charge in [0, 0.05) is 31.2 Å². The fraction of sp³-hybridized carbons (Fsp3) is 0.462. The van der Waals surface area contributed by atoms with Gasteiger partial charge in [-0.15, -0.1) is 0 Å². The van der Waals surface area contributed by atoms with Crippen LogP contribution in [0.15, 0.2) is 29.2 Å². The summed E-state index contributed by atoms with van der Waals surface area (Å²) in [4.78, 5) is 14.9. The van der Waals surface area contributed by atoms with E-state index in [1.165, 1.54) is 6.42 Å². The minimum Gasteiger partial charge on any atom is -0.381 e. The van der Waals surface area contributed by atoms with Gasteiger partial charge in [-0.3, -0.25) is 9.20 Å². The standard InChI is InChI=1S/C13H16N2O2/c16-13-5-1-4-12-14-11(8-15(12)13)7-10-3-2-6-17-9-10/h1,4-5,8,10,14H,2-3,6-7,9H2. The maximum absolute atomic E-state index is 11.6. The van der Waals surface area contributed by atoms with Gasteiger partial charge in [-0.05, 0) is 31.2 Å². The maximum atomic E-state index is 11.6. The van der Waals surface area contributed by atoms with Crippen molar-refractivity contribution in [1.82, 2.24) is 9.38 Å². The monoisotopic (exact) mass is 232 g/mol. The molecule has 0 radical (unpaired) electrons. The van der Waals surface area contributed by atoms with Crippen LogP contribution in [0.25, 0.3) is 5.65 Å². The molecule has 1 fully saturated rings. The molecule has 4 nitrogen and oxygen atoms in total. The summed E-state index contributed by atoms with van der Waals surface area (Å²) < 4.78 is 7.14. The zero-order valence-electron chi connectivity index (χ0n) is 9.69. The highest BCUT2D eigenvalue weighted by atomic mass is 16.5. The van der Waals surface area contributed by atoms with Gasteiger partial charge >= 0.3 is 0 Å². The van der Waals surface area contributed by atoms with Crippen molar-refractivity contribution in [2.45, 2.75) is 19.3 Å². The topological polar surface area (TPSA) is 46.5 Å². The van der Waals surface area contributed by atoms with Crippen molar-refractivity contribution in [1.29, 1.82) is 0 Å². The number of fused-ring (bicyclic) bond motifs is 1. The second kappa shape index (κ2) is 4.37. The molecule has 90 valence electrons. The van der Waals surface area contributed by atoms with E-state index in [0.29, 0.717) is 5.92 Å². The van der Waals surface area contributed by atoms with Crippen LogP contribution >= 0.6 is 0 Å². The Labute approximate surface area is 99.2 Å². The number of imidazole rings is 1. The molecule has 3 rings (SSSR count). The first-order valence-corrected chi connectivity index (χ1v) is 6.10. The Morgan fingerprint density at radius 3 is 3.18 bits per heavy atom. The third-order valence-corrected chi connectivity index (χ3v) is 3.33. The number of rotatable bonds is 2. The summed E-state index contributed by atoms with van der Waals surface area (Å²) in [5.41, 5.74) is 2.00. The zero-order valence-corrected chi connectivity index (χ0v) is 9.69. The minimum atomic E-state index is 0.0184. The molecule has 2 aromatic heterocycles. The normalized spacial score (nSPS) is 20.8. The first-order valence-electron chi connectivity index (χ1n) is 6.10. The molecule has 4 heteroatoms. The molecule has 3 heterocycles. The molecule has 0 bridgehead atoms. The van der Waals surface area contributed by atoms with E-state index in [9.17, 15) is 4.79 Å². The zero-order chi connectivity index (χ0) is 11.7. The second-order valence-corrected chi connectivity index (χ2v) is 4.69. The SMILES string of the molecule is O=c1cccc2[nH]c(CC3CCCOC3)cn12. The lowest BCUT2D eigenvalue weighted by atomic mass is 9.97. The number of H-pyrrole nitrogens is 1. The lowest BCUT2D eigenvalue weighted by molar-refractivity contribution is 0.0547. The van der Waals surface area contributed by atoms with Crippen molar-refractivity contribution in [2.75, 3.05) is 13.2 Å². The molecule has 0 aliphatic carbocycles. The van der Waals surface area contributed by atoms with Gasteiger partial charge in [-0.1, -0.05) is 6.07 Å². The van der Waals surface area contributed by atoms with E-state index < -0.39 is 0 Å². The van der Waals surface area contributed by atoms with Crippen LogP contribution in [-0.2, 0) is 11.2 Å². The summed E-state index contributed by atoms with van der Waals surface area (Å²) in [6.45, 7) is 1.73. The smallest absolute Gasteiger partial charge is 0.256 e. The predicted molar refractivity (Wildman–Crippen MR) is 65.3 cm³/mol. The van der Waals surface area contributed by atoms with E-state index in [1.807, 2.05) is 12.3 Å². The Balaban J connectivity index is 1.85. The molecular weight excluding hydrogens is 216 g/mol. The molecule has 0 spiro atoms. The molecule has 0 aromatic carbocycles. The number of aromatic nitrogens is 2. The fourth-order valence-corrected chi connectivity index (χ4v) is 2.47. The van der Waals surface area contributed by atoms with Crippen molar-refractivity contribution in [3.05, 3.63) is 40.4 Å². The molecule has 1 unspecified atom stereocenters. The second-order valence-electron chi connectivity index (χ2n) is 4.69. The van der Waals surface area contributed by atoms with Crippen LogP contribution < -0.4 is 5.56 Å². The number of nitrogens with one attached hydrogen (secondary N) is 1. The quantitative estimate of drug-likeness (QED) is 0.854. The minimum absolute atomic E-state index is 0.0184. The predicted octanol–water partition coefficient (Wildman–Crippen LogP) is 1.60. The Bertz CT molecular complexity index is 564. The van der Waals surface area contributed by atoms with E-state index >= 15 is 0 Å². The Morgan fingerprint density at radius 2 is 2.41 bits per heavy atom. The Morgan fingerprint density at radius 1 is 1.47 bits per heavy atom. The van der Waals surface area contributed by atoms with Crippen LogP contribution in [0.2, 0.25) is 0 Å². The van der Waals surface area contributed by atoms with Crippen molar-refractivity contribution in [3.8, 4) is 0 Å². The highest BCUT2D eigenvalue weighted by molar-refractivity contribution is 5.39. The summed E-state index contributed by atoms with van der Waals surface area (Å²) >= 11 is 0. The van der Waals surface area contributed by atoms with Gasteiger partial charge in [0.15, 0.2) is 0 Å². The van der Waals surface area contributed by atoms with E-state index in [-0.39, 0.29) is 5.56 Å². The van der Waals surface area contributed by atoms with E-state index in [0.717, 1.165) is 37.4 Å². The number of aromatic amines is 1. The number of pyridine rings is 1. The van der Waals surface area contributed by atoms with Crippen LogP contribution in [0.5, 0.6) is 0 Å². The summed E-state index contributed by atoms with van der Waals surface area (Å²) in [7, 11) is 0. The summed E-state index contributed by atoms with van der Waals surface area (Å²) in [6, 6.07) is 5.28. The third kappa shape index (κ3) is 2.13. The summed E-state index contributed by atoms with van der Waals surface area (Å²) in [5.74, 6) is 0.576. The number of hydrogen-bond donors (Lipinski definition) is 1. The van der Waals surface area contributed by atoms with Crippen LogP contribution in [-0.4, -0.2) is 22.6 Å². The van der Waals surface area contributed by atoms with Crippen LogP contribution in [0.3, 0.4) is 0 Å². The average Bonchev–Trinajstić information content (AvgIpc) is 2.74. The molecule has 17 heavy (non-hydrogen) atoms. The van der Waals surface area contributed by atoms with E-state index in [2.05, 4.69) is 4.98 Å². The molecule has 1 aliphatic heterocycles. The molecule has 1 atom stereocenters. The van der Waals surface area contributed by atoms with Crippen LogP contribution in [0, 0.1) is 5.92 Å². The molecule has 0 saturated carbocycles. The van der Waals surface area contributed by atoms with Crippen LogP contribution in [0.4, 0.5) is 0 Å². The highest BCUT2D eigenvalue weighted by Gasteiger charge is 2.15. The summed E-state index contributed by atoms with van der Waals surface area (Å²) in [5, 5.41) is 0. The number of ether oxygens (including phenoxy) is 1. The molecule has 1 N–H and O–H groups in total. The maximum Gasteiger partial charge on any atom is 0.256 e. The molecular formula is C13H16N2O2. The largest absolute Gasteiger partial charge is 0.381 e. The van der Waals surface area contributed by atoms with Crippen molar-refractivity contribution < 1.29 is 4.74 Å². The van der Waals surface area contributed by atoms with E-state index in [1.54, 1.807) is 16.5 Å². The Kier molecular flexibility index (Phi) is 2.73. The molecule has 2 aromatic rings. The highest BCUT2D eigenvalue weighted by Crippen LogP contribution is 2.18. The van der Waals surface area contributed by atoms with Gasteiger partial charge < -0.3 is 9.72 Å². The average molecular weight is 232 g/mol. The first-order chi connectivity index (χ1) is 8.33. The molecule has 0 amide bonds. The first kappa shape index (κ1) is 10.6. The third-order valence-electron chi connectivity index (χ3n) is 3.33. The Hall–Kier alpha value is -1.55. The van der Waals surface area contributed by atoms with Crippen molar-refractivity contribution in [3.63, 3.8) is 0 Å². The fourth-order valence-electron chi connectivity index (χ4n) is 2.47. The number of nitrogens with zero attached hydrogens (tertiary/aromatic N) is 1. The van der Waals surface area contributed by atoms with Gasteiger partial charge in [0.1, 0.15) is 5.65 Å². The molecule has 1 aliphatic rings. The van der Waals surface area contributed by atoms with Gasteiger partial charge in [0.25, 0.3) is 5.56 Å². The van der Waals surface area contributed by atoms with Gasteiger partial charge in [0.2, 0.25) is 0 Å².